The molecule has 4 heteroatoms. The van der Waals surface area contributed by atoms with Crippen LogP contribution in [-0.2, 0) is 0 Å². The van der Waals surface area contributed by atoms with Gasteiger partial charge in [0.15, 0.2) is 5.76 Å². The normalized spacial score (nSPS) is 9.65. The summed E-state index contributed by atoms with van der Waals surface area (Å²) in [5.41, 5.74) is 0.790. The first-order chi connectivity index (χ1) is 8.35. The molecule has 1 aromatic heterocycles. The minimum atomic E-state index is 0.189. The van der Waals surface area contributed by atoms with Gasteiger partial charge in [0.05, 0.1) is 18.9 Å². The fourth-order valence-corrected chi connectivity index (χ4v) is 1.43. The molecule has 0 aliphatic carbocycles. The van der Waals surface area contributed by atoms with Crippen LogP contribution in [0.1, 0.15) is 0 Å². The van der Waals surface area contributed by atoms with Crippen molar-refractivity contribution >= 4 is 0 Å². The summed E-state index contributed by atoms with van der Waals surface area (Å²) in [5.74, 6) is 4.35. The molecule has 0 unspecified atom stereocenters. The molecule has 0 amide bonds. The Morgan fingerprint density at radius 1 is 1.41 bits per heavy atom. The highest BCUT2D eigenvalue weighted by molar-refractivity contribution is 5.66. The van der Waals surface area contributed by atoms with E-state index in [1.807, 2.05) is 12.1 Å². The van der Waals surface area contributed by atoms with Crippen LogP contribution in [0.4, 0.5) is 0 Å². The second-order valence-electron chi connectivity index (χ2n) is 3.23. The van der Waals surface area contributed by atoms with Gasteiger partial charge in [0.1, 0.15) is 18.1 Å². The summed E-state index contributed by atoms with van der Waals surface area (Å²) in [6.07, 6.45) is 6.75. The summed E-state index contributed by atoms with van der Waals surface area (Å²) in [5, 5.41) is 3.66. The van der Waals surface area contributed by atoms with Crippen molar-refractivity contribution in [2.75, 3.05) is 13.7 Å². The molecule has 0 aliphatic heterocycles. The lowest BCUT2D eigenvalue weighted by molar-refractivity contribution is 0.361. The van der Waals surface area contributed by atoms with Crippen molar-refractivity contribution in [3.05, 3.63) is 30.5 Å². The van der Waals surface area contributed by atoms with E-state index >= 15 is 0 Å². The van der Waals surface area contributed by atoms with Crippen LogP contribution in [-0.4, -0.2) is 18.9 Å². The van der Waals surface area contributed by atoms with Crippen molar-refractivity contribution in [2.24, 2.45) is 0 Å². The van der Waals surface area contributed by atoms with Crippen LogP contribution in [0.25, 0.3) is 11.3 Å². The minimum absolute atomic E-state index is 0.189. The number of hydrogen-bond donors (Lipinski definition) is 0. The fourth-order valence-electron chi connectivity index (χ4n) is 1.43. The molecular formula is C13H11NO3. The Hall–Kier alpha value is -2.41. The number of aromatic nitrogens is 1. The molecule has 0 saturated carbocycles. The highest BCUT2D eigenvalue weighted by Crippen LogP contribution is 2.33. The summed E-state index contributed by atoms with van der Waals surface area (Å²) in [6.45, 7) is 0.189. The van der Waals surface area contributed by atoms with E-state index in [-0.39, 0.29) is 6.61 Å². The molecule has 0 radical (unpaired) electrons. The van der Waals surface area contributed by atoms with E-state index < -0.39 is 0 Å². The Bertz CT molecular complexity index is 526. The van der Waals surface area contributed by atoms with Gasteiger partial charge in [0, 0.05) is 12.1 Å². The van der Waals surface area contributed by atoms with E-state index in [1.54, 1.807) is 25.4 Å². The first-order valence-electron chi connectivity index (χ1n) is 5.00. The maximum atomic E-state index is 5.45. The summed E-state index contributed by atoms with van der Waals surface area (Å²) in [4.78, 5) is 0. The predicted molar refractivity (Wildman–Crippen MR) is 62.8 cm³/mol. The standard InChI is InChI=1S/C13H11NO3/c1-3-8-16-13-9-10(15-2)4-5-11(13)12-6-7-14-17-12/h1,4-7,9H,8H2,2H3. The van der Waals surface area contributed by atoms with Crippen LogP contribution in [0.15, 0.2) is 35.0 Å². The first kappa shape index (κ1) is 11.1. The van der Waals surface area contributed by atoms with E-state index in [0.29, 0.717) is 17.3 Å². The van der Waals surface area contributed by atoms with E-state index in [9.17, 15) is 0 Å². The van der Waals surface area contributed by atoms with Gasteiger partial charge in [-0.3, -0.25) is 0 Å². The molecule has 2 aromatic rings. The molecule has 0 bridgehead atoms. The van der Waals surface area contributed by atoms with Gasteiger partial charge in [-0.15, -0.1) is 6.42 Å². The summed E-state index contributed by atoms with van der Waals surface area (Å²) in [7, 11) is 1.59. The smallest absolute Gasteiger partial charge is 0.170 e. The topological polar surface area (TPSA) is 44.5 Å². The van der Waals surface area contributed by atoms with E-state index in [0.717, 1.165) is 5.56 Å². The molecule has 86 valence electrons. The molecular weight excluding hydrogens is 218 g/mol. The van der Waals surface area contributed by atoms with Gasteiger partial charge in [-0.1, -0.05) is 11.1 Å². The summed E-state index contributed by atoms with van der Waals surface area (Å²) in [6, 6.07) is 7.17. The number of rotatable bonds is 4. The highest BCUT2D eigenvalue weighted by Gasteiger charge is 2.10. The Morgan fingerprint density at radius 2 is 2.29 bits per heavy atom. The maximum absolute atomic E-state index is 5.45. The molecule has 2 rings (SSSR count). The molecule has 0 fully saturated rings. The number of terminal acetylenes is 1. The number of ether oxygens (including phenoxy) is 2. The van der Waals surface area contributed by atoms with Gasteiger partial charge in [-0.05, 0) is 12.1 Å². The monoisotopic (exact) mass is 229 g/mol. The lowest BCUT2D eigenvalue weighted by Gasteiger charge is -2.09. The van der Waals surface area contributed by atoms with Gasteiger partial charge in [0.2, 0.25) is 0 Å². The maximum Gasteiger partial charge on any atom is 0.170 e. The quantitative estimate of drug-likeness (QED) is 0.755. The number of methoxy groups -OCH3 is 1. The molecule has 4 nitrogen and oxygen atoms in total. The van der Waals surface area contributed by atoms with Gasteiger partial charge in [-0.25, -0.2) is 0 Å². The zero-order valence-corrected chi connectivity index (χ0v) is 9.34. The highest BCUT2D eigenvalue weighted by atomic mass is 16.5. The molecule has 0 N–H and O–H groups in total. The second kappa shape index (κ2) is 5.08. The Morgan fingerprint density at radius 3 is 2.94 bits per heavy atom. The molecule has 1 aromatic carbocycles. The predicted octanol–water partition coefficient (Wildman–Crippen LogP) is 2.36. The van der Waals surface area contributed by atoms with Crippen molar-refractivity contribution in [3.8, 4) is 35.2 Å². The molecule has 0 spiro atoms. The largest absolute Gasteiger partial charge is 0.497 e. The van der Waals surface area contributed by atoms with Crippen molar-refractivity contribution in [1.82, 2.24) is 5.16 Å². The molecule has 0 atom stereocenters. The SMILES string of the molecule is C#CCOc1cc(OC)ccc1-c1ccno1. The van der Waals surface area contributed by atoms with Gasteiger partial charge in [0.25, 0.3) is 0 Å². The average molecular weight is 229 g/mol. The average Bonchev–Trinajstić information content (AvgIpc) is 2.89. The fraction of sp³-hybridized carbons (Fsp3) is 0.154. The van der Waals surface area contributed by atoms with Gasteiger partial charge in [-0.2, -0.15) is 0 Å². The lowest BCUT2D eigenvalue weighted by atomic mass is 10.1. The lowest BCUT2D eigenvalue weighted by Crippen LogP contribution is -1.96. The van der Waals surface area contributed by atoms with Crippen molar-refractivity contribution < 1.29 is 14.0 Å². The van der Waals surface area contributed by atoms with Crippen molar-refractivity contribution in [1.29, 1.82) is 0 Å². The van der Waals surface area contributed by atoms with E-state index in [4.69, 9.17) is 20.4 Å². The number of nitrogens with zero attached hydrogens (tertiary/aromatic N) is 1. The zero-order valence-electron chi connectivity index (χ0n) is 9.34. The summed E-state index contributed by atoms with van der Waals surface area (Å²) < 4.78 is 15.7. The molecule has 17 heavy (non-hydrogen) atoms. The van der Waals surface area contributed by atoms with Crippen LogP contribution in [0, 0.1) is 12.3 Å². The van der Waals surface area contributed by atoms with Crippen LogP contribution < -0.4 is 9.47 Å². The zero-order chi connectivity index (χ0) is 12.1. The van der Waals surface area contributed by atoms with Crippen LogP contribution in [0.2, 0.25) is 0 Å². The van der Waals surface area contributed by atoms with Crippen molar-refractivity contribution in [3.63, 3.8) is 0 Å². The Kier molecular flexibility index (Phi) is 3.31. The third kappa shape index (κ3) is 2.40. The van der Waals surface area contributed by atoms with Crippen molar-refractivity contribution in [2.45, 2.75) is 0 Å². The summed E-state index contributed by atoms with van der Waals surface area (Å²) >= 11 is 0. The van der Waals surface area contributed by atoms with Gasteiger partial charge >= 0.3 is 0 Å². The van der Waals surface area contributed by atoms with E-state index in [2.05, 4.69) is 11.1 Å². The number of hydrogen-bond acceptors (Lipinski definition) is 4. The van der Waals surface area contributed by atoms with Crippen LogP contribution in [0.5, 0.6) is 11.5 Å². The number of benzene rings is 1. The molecule has 0 aliphatic rings. The second-order valence-corrected chi connectivity index (χ2v) is 3.23. The van der Waals surface area contributed by atoms with Crippen LogP contribution in [0.3, 0.4) is 0 Å². The Balaban J connectivity index is 2.40. The van der Waals surface area contributed by atoms with Gasteiger partial charge < -0.3 is 14.0 Å². The third-order valence-corrected chi connectivity index (χ3v) is 2.20. The minimum Gasteiger partial charge on any atom is -0.497 e. The van der Waals surface area contributed by atoms with E-state index in [1.165, 1.54) is 0 Å². The third-order valence-electron chi connectivity index (χ3n) is 2.20. The Labute approximate surface area is 99.1 Å². The molecule has 0 saturated heterocycles. The van der Waals surface area contributed by atoms with Crippen LogP contribution >= 0.6 is 0 Å². The molecule has 1 heterocycles. The first-order valence-corrected chi connectivity index (χ1v) is 5.00.